The number of carbonyl (C=O) groups excluding carboxylic acids is 1. The Morgan fingerprint density at radius 1 is 1.13 bits per heavy atom. The second-order valence-electron chi connectivity index (χ2n) is 6.90. The molecule has 3 aliphatic carbocycles. The van der Waals surface area contributed by atoms with Crippen LogP contribution in [-0.2, 0) is 16.1 Å². The Hall–Kier alpha value is -2.17. The normalized spacial score (nSPS) is 32.2. The molecular weight excluding hydrogens is 297 g/mol. The van der Waals surface area contributed by atoms with Gasteiger partial charge in [0.15, 0.2) is 0 Å². The number of carbonyl (C=O) groups is 2. The SMILES string of the molecule is O=C(O)[C@@H]1[C@H](C(=O)NCc2ccc(F)cc2)[C@H]2C=C[C@H]1C21CC1. The van der Waals surface area contributed by atoms with Gasteiger partial charge in [-0.2, -0.15) is 0 Å². The Balaban J connectivity index is 1.50. The molecule has 5 heteroatoms. The van der Waals surface area contributed by atoms with E-state index in [-0.39, 0.29) is 35.5 Å². The minimum Gasteiger partial charge on any atom is -0.481 e. The smallest absolute Gasteiger partial charge is 0.307 e. The molecule has 0 heterocycles. The molecule has 1 spiro atoms. The van der Waals surface area contributed by atoms with E-state index in [1.54, 1.807) is 12.1 Å². The van der Waals surface area contributed by atoms with Gasteiger partial charge < -0.3 is 10.4 Å². The highest BCUT2D eigenvalue weighted by atomic mass is 19.1. The van der Waals surface area contributed by atoms with Crippen LogP contribution in [0.5, 0.6) is 0 Å². The lowest BCUT2D eigenvalue weighted by Gasteiger charge is -2.23. The quantitative estimate of drug-likeness (QED) is 0.838. The Morgan fingerprint density at radius 3 is 2.30 bits per heavy atom. The predicted molar refractivity (Wildman–Crippen MR) is 80.6 cm³/mol. The molecule has 23 heavy (non-hydrogen) atoms. The number of halogens is 1. The van der Waals surface area contributed by atoms with Crippen LogP contribution < -0.4 is 5.32 Å². The molecule has 4 atom stereocenters. The molecule has 3 aliphatic rings. The summed E-state index contributed by atoms with van der Waals surface area (Å²) in [4.78, 5) is 24.3. The molecule has 2 fully saturated rings. The van der Waals surface area contributed by atoms with E-state index in [0.29, 0.717) is 0 Å². The molecule has 4 nitrogen and oxygen atoms in total. The number of rotatable bonds is 4. The second-order valence-corrected chi connectivity index (χ2v) is 6.90. The molecule has 0 saturated heterocycles. The van der Waals surface area contributed by atoms with Crippen molar-refractivity contribution in [3.63, 3.8) is 0 Å². The Labute approximate surface area is 133 Å². The van der Waals surface area contributed by atoms with Crippen LogP contribution >= 0.6 is 0 Å². The highest BCUT2D eigenvalue weighted by Gasteiger charge is 2.69. The summed E-state index contributed by atoms with van der Waals surface area (Å²) < 4.78 is 12.9. The molecule has 4 rings (SSSR count). The Kier molecular flexibility index (Phi) is 3.08. The lowest BCUT2D eigenvalue weighted by Crippen LogP contribution is -2.39. The van der Waals surface area contributed by atoms with Crippen molar-refractivity contribution < 1.29 is 19.1 Å². The van der Waals surface area contributed by atoms with Crippen molar-refractivity contribution in [2.45, 2.75) is 19.4 Å². The van der Waals surface area contributed by atoms with Gasteiger partial charge >= 0.3 is 5.97 Å². The van der Waals surface area contributed by atoms with Crippen molar-refractivity contribution in [1.82, 2.24) is 5.32 Å². The first-order valence-corrected chi connectivity index (χ1v) is 7.96. The standard InChI is InChI=1S/C18H18FNO3/c19-11-3-1-10(2-4-11)9-20-16(21)14-12-5-6-13(15(14)17(22)23)18(12)7-8-18/h1-6,12-15H,7-9H2,(H,20,21)(H,22,23)/t12-,13-,14-,15+/m1/s1. The van der Waals surface area contributed by atoms with E-state index in [1.165, 1.54) is 12.1 Å². The summed E-state index contributed by atoms with van der Waals surface area (Å²) in [5.74, 6) is -2.49. The largest absolute Gasteiger partial charge is 0.481 e. The third-order valence-corrected chi connectivity index (χ3v) is 5.81. The van der Waals surface area contributed by atoms with E-state index in [1.807, 2.05) is 12.2 Å². The summed E-state index contributed by atoms with van der Waals surface area (Å²) >= 11 is 0. The van der Waals surface area contributed by atoms with E-state index in [2.05, 4.69) is 5.32 Å². The first kappa shape index (κ1) is 14.4. The summed E-state index contributed by atoms with van der Waals surface area (Å²) in [5, 5.41) is 12.4. The highest BCUT2D eigenvalue weighted by Crippen LogP contribution is 2.71. The lowest BCUT2D eigenvalue weighted by molar-refractivity contribution is -0.147. The number of nitrogens with one attached hydrogen (secondary N) is 1. The van der Waals surface area contributed by atoms with Crippen molar-refractivity contribution in [3.8, 4) is 0 Å². The first-order valence-electron chi connectivity index (χ1n) is 7.96. The minimum absolute atomic E-state index is 0.00780. The zero-order valence-corrected chi connectivity index (χ0v) is 12.5. The van der Waals surface area contributed by atoms with Gasteiger partial charge in [0.05, 0.1) is 11.8 Å². The zero-order chi connectivity index (χ0) is 16.2. The van der Waals surface area contributed by atoms with Crippen LogP contribution in [0.4, 0.5) is 4.39 Å². The summed E-state index contributed by atoms with van der Waals surface area (Å²) in [6.07, 6.45) is 6.07. The molecule has 2 saturated carbocycles. The average Bonchev–Trinajstić information content (AvgIpc) is 3.20. The van der Waals surface area contributed by atoms with E-state index in [4.69, 9.17) is 0 Å². The first-order chi connectivity index (χ1) is 11.0. The van der Waals surface area contributed by atoms with Gasteiger partial charge in [0.25, 0.3) is 0 Å². The minimum atomic E-state index is -0.880. The number of carboxylic acid groups (broad SMARTS) is 1. The summed E-state index contributed by atoms with van der Waals surface area (Å²) in [7, 11) is 0. The molecule has 0 aliphatic heterocycles. The second kappa shape index (κ2) is 4.91. The van der Waals surface area contributed by atoms with E-state index >= 15 is 0 Å². The molecule has 0 aromatic heterocycles. The molecule has 2 bridgehead atoms. The number of hydrogen-bond acceptors (Lipinski definition) is 2. The average molecular weight is 315 g/mol. The van der Waals surface area contributed by atoms with Gasteiger partial charge in [0.2, 0.25) is 5.91 Å². The van der Waals surface area contributed by atoms with Crippen molar-refractivity contribution in [1.29, 1.82) is 0 Å². The molecular formula is C18H18FNO3. The molecule has 2 N–H and O–H groups in total. The van der Waals surface area contributed by atoms with Crippen LogP contribution in [0.25, 0.3) is 0 Å². The van der Waals surface area contributed by atoms with Gasteiger partial charge in [-0.3, -0.25) is 9.59 Å². The molecule has 120 valence electrons. The predicted octanol–water partition coefficient (Wildman–Crippen LogP) is 2.35. The van der Waals surface area contributed by atoms with Gasteiger partial charge in [-0.15, -0.1) is 0 Å². The number of benzene rings is 1. The number of aliphatic carboxylic acids is 1. The van der Waals surface area contributed by atoms with Crippen LogP contribution in [0.3, 0.4) is 0 Å². The third-order valence-electron chi connectivity index (χ3n) is 5.81. The monoisotopic (exact) mass is 315 g/mol. The van der Waals surface area contributed by atoms with Gasteiger partial charge in [0, 0.05) is 6.54 Å². The van der Waals surface area contributed by atoms with E-state index in [9.17, 15) is 19.1 Å². The zero-order valence-electron chi connectivity index (χ0n) is 12.5. The van der Waals surface area contributed by atoms with Crippen molar-refractivity contribution >= 4 is 11.9 Å². The number of amides is 1. The van der Waals surface area contributed by atoms with Gasteiger partial charge in [-0.05, 0) is 47.8 Å². The highest BCUT2D eigenvalue weighted by molar-refractivity contribution is 5.87. The van der Waals surface area contributed by atoms with E-state index < -0.39 is 17.8 Å². The van der Waals surface area contributed by atoms with E-state index in [0.717, 1.165) is 18.4 Å². The third kappa shape index (κ3) is 2.10. The van der Waals surface area contributed by atoms with Gasteiger partial charge in [-0.1, -0.05) is 24.3 Å². The van der Waals surface area contributed by atoms with Crippen LogP contribution in [-0.4, -0.2) is 17.0 Å². The van der Waals surface area contributed by atoms with Crippen LogP contribution in [0.15, 0.2) is 36.4 Å². The fourth-order valence-electron chi connectivity index (χ4n) is 4.60. The van der Waals surface area contributed by atoms with Crippen LogP contribution in [0.2, 0.25) is 0 Å². The number of allylic oxidation sites excluding steroid dienone is 2. The maximum atomic E-state index is 12.9. The summed E-state index contributed by atoms with van der Waals surface area (Å²) in [6.45, 7) is 0.288. The van der Waals surface area contributed by atoms with Crippen LogP contribution in [0, 0.1) is 34.9 Å². The van der Waals surface area contributed by atoms with Crippen molar-refractivity contribution in [2.24, 2.45) is 29.1 Å². The molecule has 1 aromatic carbocycles. The Bertz CT molecular complexity index is 693. The maximum Gasteiger partial charge on any atom is 0.307 e. The topological polar surface area (TPSA) is 66.4 Å². The fraction of sp³-hybridized carbons (Fsp3) is 0.444. The molecule has 1 aromatic rings. The molecule has 0 unspecified atom stereocenters. The molecule has 1 amide bonds. The number of carboxylic acids is 1. The summed E-state index contributed by atoms with van der Waals surface area (Å²) in [5.41, 5.74) is 0.826. The van der Waals surface area contributed by atoms with Crippen molar-refractivity contribution in [2.75, 3.05) is 0 Å². The number of hydrogen-bond donors (Lipinski definition) is 2. The summed E-state index contributed by atoms with van der Waals surface area (Å²) in [6, 6.07) is 5.93. The maximum absolute atomic E-state index is 12.9. The fourth-order valence-corrected chi connectivity index (χ4v) is 4.60. The van der Waals surface area contributed by atoms with Crippen LogP contribution in [0.1, 0.15) is 18.4 Å². The molecule has 0 radical (unpaired) electrons. The Morgan fingerprint density at radius 2 is 1.74 bits per heavy atom. The lowest BCUT2D eigenvalue weighted by atomic mass is 9.82. The van der Waals surface area contributed by atoms with Crippen molar-refractivity contribution in [3.05, 3.63) is 47.8 Å². The van der Waals surface area contributed by atoms with Gasteiger partial charge in [-0.25, -0.2) is 4.39 Å². The van der Waals surface area contributed by atoms with Gasteiger partial charge in [0.1, 0.15) is 5.82 Å².